The first-order valence-corrected chi connectivity index (χ1v) is 13.8. The lowest BCUT2D eigenvalue weighted by Gasteiger charge is -2.36. The number of likely N-dealkylation sites (N-methyl/N-ethyl adjacent to an activating group) is 1. The fourth-order valence-electron chi connectivity index (χ4n) is 5.89. The van der Waals surface area contributed by atoms with Crippen LogP contribution in [0.1, 0.15) is 41.9 Å². The van der Waals surface area contributed by atoms with Gasteiger partial charge in [0.1, 0.15) is 18.7 Å². The minimum Gasteiger partial charge on any atom is -0.480 e. The number of amides is 2. The highest BCUT2D eigenvalue weighted by Crippen LogP contribution is 2.44. The maximum atomic E-state index is 13.7. The Labute approximate surface area is 234 Å². The molecule has 1 aliphatic heterocycles. The second-order valence-electron chi connectivity index (χ2n) is 10.6. The smallest absolute Gasteiger partial charge is 0.407 e. The third-order valence-electron chi connectivity index (χ3n) is 7.79. The van der Waals surface area contributed by atoms with Crippen LogP contribution < -0.4 is 5.32 Å². The van der Waals surface area contributed by atoms with Crippen LogP contribution in [0, 0.1) is 0 Å². The summed E-state index contributed by atoms with van der Waals surface area (Å²) < 4.78 is 5.73. The fraction of sp³-hybridized carbons (Fsp3) is 0.344. The van der Waals surface area contributed by atoms with E-state index < -0.39 is 30.1 Å². The van der Waals surface area contributed by atoms with Crippen molar-refractivity contribution in [1.82, 2.24) is 15.1 Å². The number of carbonyl (C=O) groups is 3. The fourth-order valence-corrected chi connectivity index (χ4v) is 5.89. The molecule has 3 aromatic carbocycles. The normalized spacial score (nSPS) is 17.1. The van der Waals surface area contributed by atoms with Crippen molar-refractivity contribution in [2.75, 3.05) is 26.7 Å². The minimum absolute atomic E-state index is 0.105. The summed E-state index contributed by atoms with van der Waals surface area (Å²) in [6, 6.07) is 24.2. The number of carboxylic acids is 1. The molecule has 1 fully saturated rings. The molecule has 1 heterocycles. The summed E-state index contributed by atoms with van der Waals surface area (Å²) in [5, 5.41) is 12.5. The molecule has 3 aromatic rings. The first-order chi connectivity index (χ1) is 19.4. The predicted octanol–water partition coefficient (Wildman–Crippen LogP) is 4.49. The number of ether oxygens (including phenoxy) is 1. The Balaban J connectivity index is 1.30. The van der Waals surface area contributed by atoms with E-state index in [0.29, 0.717) is 19.5 Å². The molecule has 8 nitrogen and oxygen atoms in total. The van der Waals surface area contributed by atoms with E-state index in [1.807, 2.05) is 66.5 Å². The van der Waals surface area contributed by atoms with Gasteiger partial charge in [0, 0.05) is 25.6 Å². The van der Waals surface area contributed by atoms with E-state index in [0.717, 1.165) is 40.7 Å². The van der Waals surface area contributed by atoms with Crippen LogP contribution in [-0.4, -0.2) is 71.7 Å². The number of nitrogens with zero attached hydrogens (tertiary/aromatic N) is 2. The molecule has 1 aliphatic carbocycles. The summed E-state index contributed by atoms with van der Waals surface area (Å²) in [5.74, 6) is -1.53. The molecule has 40 heavy (non-hydrogen) atoms. The molecule has 8 heteroatoms. The van der Waals surface area contributed by atoms with Crippen molar-refractivity contribution < 1.29 is 24.2 Å². The standard InChI is InChI=1S/C32H35N3O5/c1-34(19-22-11-3-2-4-12-22)20-28(30(36)35-18-10-9-17-29(35)31(37)38)33-32(39)40-21-27-25-15-7-5-13-23(25)24-14-6-8-16-26(24)27/h2-8,11-16,27-29H,9-10,17-21H2,1H3,(H,33,39)(H,37,38)/t28?,29-/m0/s1. The van der Waals surface area contributed by atoms with Gasteiger partial charge >= 0.3 is 12.1 Å². The monoisotopic (exact) mass is 541 g/mol. The lowest BCUT2D eigenvalue weighted by Crippen LogP contribution is -2.58. The molecule has 0 aromatic heterocycles. The van der Waals surface area contributed by atoms with Gasteiger partial charge in [-0.05, 0) is 54.1 Å². The molecular formula is C32H35N3O5. The molecule has 0 saturated carbocycles. The molecule has 0 bridgehead atoms. The second-order valence-corrected chi connectivity index (χ2v) is 10.6. The molecule has 0 radical (unpaired) electrons. The average molecular weight is 542 g/mol. The van der Waals surface area contributed by atoms with Gasteiger partial charge < -0.3 is 20.1 Å². The van der Waals surface area contributed by atoms with Crippen LogP contribution in [0.25, 0.3) is 11.1 Å². The SMILES string of the molecule is CN(Cc1ccccc1)CC(NC(=O)OCC1c2ccccc2-c2ccccc21)C(=O)N1CCCC[C@H]1C(=O)O. The highest BCUT2D eigenvalue weighted by Gasteiger charge is 2.37. The van der Waals surface area contributed by atoms with Crippen molar-refractivity contribution in [2.45, 2.75) is 43.8 Å². The largest absolute Gasteiger partial charge is 0.480 e. The summed E-state index contributed by atoms with van der Waals surface area (Å²) in [5.41, 5.74) is 5.53. The zero-order valence-electron chi connectivity index (χ0n) is 22.7. The van der Waals surface area contributed by atoms with Gasteiger partial charge in [0.25, 0.3) is 0 Å². The van der Waals surface area contributed by atoms with Crippen LogP contribution in [-0.2, 0) is 20.9 Å². The Hall–Kier alpha value is -4.17. The minimum atomic E-state index is -1.02. The van der Waals surface area contributed by atoms with Crippen molar-refractivity contribution in [1.29, 1.82) is 0 Å². The lowest BCUT2D eigenvalue weighted by molar-refractivity contribution is -0.153. The molecular weight excluding hydrogens is 506 g/mol. The van der Waals surface area contributed by atoms with Gasteiger partial charge in [0.15, 0.2) is 0 Å². The first kappa shape index (κ1) is 27.4. The third-order valence-corrected chi connectivity index (χ3v) is 7.79. The van der Waals surface area contributed by atoms with Crippen molar-refractivity contribution in [3.63, 3.8) is 0 Å². The van der Waals surface area contributed by atoms with Crippen LogP contribution in [0.15, 0.2) is 78.9 Å². The van der Waals surface area contributed by atoms with E-state index in [9.17, 15) is 19.5 Å². The zero-order valence-corrected chi connectivity index (χ0v) is 22.7. The number of piperidine rings is 1. The number of nitrogens with one attached hydrogen (secondary N) is 1. The van der Waals surface area contributed by atoms with Crippen LogP contribution >= 0.6 is 0 Å². The van der Waals surface area contributed by atoms with E-state index in [-0.39, 0.29) is 19.1 Å². The number of likely N-dealkylation sites (tertiary alicyclic amines) is 1. The maximum absolute atomic E-state index is 13.7. The van der Waals surface area contributed by atoms with Crippen LogP contribution in [0.2, 0.25) is 0 Å². The number of benzene rings is 3. The summed E-state index contributed by atoms with van der Waals surface area (Å²) in [7, 11) is 1.87. The van der Waals surface area contributed by atoms with Crippen LogP contribution in [0.4, 0.5) is 4.79 Å². The number of fused-ring (bicyclic) bond motifs is 3. The molecule has 208 valence electrons. The second kappa shape index (κ2) is 12.3. The van der Waals surface area contributed by atoms with Crippen molar-refractivity contribution in [3.05, 3.63) is 95.6 Å². The van der Waals surface area contributed by atoms with E-state index in [1.54, 1.807) is 0 Å². The molecule has 2 N–H and O–H groups in total. The van der Waals surface area contributed by atoms with Gasteiger partial charge in [-0.25, -0.2) is 9.59 Å². The van der Waals surface area contributed by atoms with Gasteiger partial charge in [0.2, 0.25) is 5.91 Å². The number of carboxylic acid groups (broad SMARTS) is 1. The summed E-state index contributed by atoms with van der Waals surface area (Å²) in [6.45, 7) is 1.25. The van der Waals surface area contributed by atoms with Crippen molar-refractivity contribution >= 4 is 18.0 Å². The Morgan fingerprint density at radius 1 is 0.950 bits per heavy atom. The van der Waals surface area contributed by atoms with Crippen LogP contribution in [0.5, 0.6) is 0 Å². The first-order valence-electron chi connectivity index (χ1n) is 13.8. The molecule has 0 spiro atoms. The Kier molecular flexibility index (Phi) is 8.45. The van der Waals surface area contributed by atoms with Crippen molar-refractivity contribution in [3.8, 4) is 11.1 Å². The Morgan fingerprint density at radius 2 is 1.57 bits per heavy atom. The quantitative estimate of drug-likeness (QED) is 0.414. The van der Waals surface area contributed by atoms with Gasteiger partial charge in [-0.3, -0.25) is 9.69 Å². The van der Waals surface area contributed by atoms with Gasteiger partial charge in [-0.1, -0.05) is 78.9 Å². The molecule has 1 unspecified atom stereocenters. The van der Waals surface area contributed by atoms with Gasteiger partial charge in [-0.15, -0.1) is 0 Å². The van der Waals surface area contributed by atoms with E-state index >= 15 is 0 Å². The molecule has 2 amide bonds. The lowest BCUT2D eigenvalue weighted by atomic mass is 9.98. The summed E-state index contributed by atoms with van der Waals surface area (Å²) in [4.78, 5) is 42.1. The number of carbonyl (C=O) groups excluding carboxylic acids is 2. The highest BCUT2D eigenvalue weighted by atomic mass is 16.5. The number of hydrogen-bond acceptors (Lipinski definition) is 5. The number of rotatable bonds is 9. The van der Waals surface area contributed by atoms with E-state index in [4.69, 9.17) is 4.74 Å². The predicted molar refractivity (Wildman–Crippen MR) is 152 cm³/mol. The third kappa shape index (κ3) is 6.02. The number of aliphatic carboxylic acids is 1. The number of hydrogen-bond donors (Lipinski definition) is 2. The highest BCUT2D eigenvalue weighted by molar-refractivity contribution is 5.89. The van der Waals surface area contributed by atoms with Crippen LogP contribution in [0.3, 0.4) is 0 Å². The summed E-state index contributed by atoms with van der Waals surface area (Å²) in [6.07, 6.45) is 1.18. The Morgan fingerprint density at radius 3 is 2.23 bits per heavy atom. The molecule has 2 atom stereocenters. The van der Waals surface area contributed by atoms with Crippen molar-refractivity contribution in [2.24, 2.45) is 0 Å². The van der Waals surface area contributed by atoms with Gasteiger partial charge in [-0.2, -0.15) is 0 Å². The average Bonchev–Trinajstić information content (AvgIpc) is 3.29. The molecule has 1 saturated heterocycles. The van der Waals surface area contributed by atoms with E-state index in [1.165, 1.54) is 4.90 Å². The maximum Gasteiger partial charge on any atom is 0.407 e. The summed E-state index contributed by atoms with van der Waals surface area (Å²) >= 11 is 0. The van der Waals surface area contributed by atoms with E-state index in [2.05, 4.69) is 29.6 Å². The Bertz CT molecular complexity index is 1320. The number of alkyl carbamates (subject to hydrolysis) is 1. The van der Waals surface area contributed by atoms with Gasteiger partial charge in [0.05, 0.1) is 0 Å². The molecule has 2 aliphatic rings. The zero-order chi connectivity index (χ0) is 28.1. The topological polar surface area (TPSA) is 99.2 Å². The molecule has 5 rings (SSSR count).